The largest absolute Gasteiger partial charge is 0.508 e. The van der Waals surface area contributed by atoms with Crippen molar-refractivity contribution < 1.29 is 19.3 Å². The van der Waals surface area contributed by atoms with Gasteiger partial charge in [-0.3, -0.25) is 0 Å². The molecule has 4 aromatic carbocycles. The topological polar surface area (TPSA) is 97.7 Å². The van der Waals surface area contributed by atoms with Gasteiger partial charge >= 0.3 is 0 Å². The van der Waals surface area contributed by atoms with Gasteiger partial charge in [0, 0.05) is 11.6 Å². The molecule has 0 radical (unpaired) electrons. The summed E-state index contributed by atoms with van der Waals surface area (Å²) in [6.45, 7) is 2.75. The minimum atomic E-state index is -0.473. The Kier molecular flexibility index (Phi) is 6.61. The maximum absolute atomic E-state index is 9.93. The number of nitrogens with two attached hydrogens (primary N) is 1. The summed E-state index contributed by atoms with van der Waals surface area (Å²) < 4.78 is 18.8. The van der Waals surface area contributed by atoms with Crippen molar-refractivity contribution in [2.75, 3.05) is 6.61 Å². The lowest BCUT2D eigenvalue weighted by Gasteiger charge is -2.27. The normalized spacial score (nSPS) is 14.6. The second kappa shape index (κ2) is 9.99. The Balaban J connectivity index is 1.55. The first-order valence-electron chi connectivity index (χ1n) is 11.5. The van der Waals surface area contributed by atoms with Crippen molar-refractivity contribution in [3.05, 3.63) is 105 Å². The van der Waals surface area contributed by atoms with Crippen LogP contribution in [0.5, 0.6) is 23.0 Å². The third kappa shape index (κ3) is 4.40. The van der Waals surface area contributed by atoms with Crippen LogP contribution in [-0.2, 0) is 6.61 Å². The number of phenols is 1. The van der Waals surface area contributed by atoms with E-state index in [0.29, 0.717) is 36.0 Å². The number of rotatable bonds is 6. The van der Waals surface area contributed by atoms with E-state index in [4.69, 9.17) is 19.9 Å². The van der Waals surface area contributed by atoms with Crippen molar-refractivity contribution in [3.63, 3.8) is 0 Å². The van der Waals surface area contributed by atoms with Gasteiger partial charge in [0.15, 0.2) is 11.5 Å². The Morgan fingerprint density at radius 2 is 1.86 bits per heavy atom. The molecule has 0 fully saturated rings. The molecule has 36 heavy (non-hydrogen) atoms. The molecule has 0 aromatic heterocycles. The summed E-state index contributed by atoms with van der Waals surface area (Å²) in [4.78, 5) is 0. The van der Waals surface area contributed by atoms with Crippen LogP contribution in [0.1, 0.15) is 29.5 Å². The molecule has 0 unspecified atom stereocenters. The van der Waals surface area contributed by atoms with E-state index in [9.17, 15) is 10.4 Å². The third-order valence-corrected chi connectivity index (χ3v) is 6.92. The molecule has 1 heterocycles. The molecule has 4 aromatic rings. The fourth-order valence-corrected chi connectivity index (χ4v) is 5.29. The maximum atomic E-state index is 9.93. The SMILES string of the molecule is CCOc1cc([C@@H]2C(C#N)=C(N)Oc3cc(O)ccc32)cc(I)c1OCc1cccc2ccccc12. The predicted molar refractivity (Wildman–Crippen MR) is 146 cm³/mol. The van der Waals surface area contributed by atoms with Gasteiger partial charge in [0.25, 0.3) is 0 Å². The van der Waals surface area contributed by atoms with E-state index < -0.39 is 5.92 Å². The van der Waals surface area contributed by atoms with Gasteiger partial charge in [-0.2, -0.15) is 5.26 Å². The lowest BCUT2D eigenvalue weighted by Crippen LogP contribution is -2.21. The first-order chi connectivity index (χ1) is 17.5. The lowest BCUT2D eigenvalue weighted by atomic mass is 9.83. The van der Waals surface area contributed by atoms with Crippen LogP contribution >= 0.6 is 22.6 Å². The molecule has 5 rings (SSSR count). The standard InChI is InChI=1S/C29H23IN2O4/c1-2-34-26-13-19(27-22-11-10-20(33)14-25(22)36-29(32)23(27)15-31)12-24(30)28(26)35-16-18-8-5-7-17-6-3-4-9-21(17)18/h3-14,27,33H,2,16,32H2,1H3/t27-/m0/s1. The monoisotopic (exact) mass is 590 g/mol. The van der Waals surface area contributed by atoms with Crippen LogP contribution in [0.25, 0.3) is 10.8 Å². The van der Waals surface area contributed by atoms with Crippen LogP contribution in [0, 0.1) is 14.9 Å². The summed E-state index contributed by atoms with van der Waals surface area (Å²) in [6.07, 6.45) is 0. The Hall–Kier alpha value is -3.90. The van der Waals surface area contributed by atoms with E-state index in [1.54, 1.807) is 12.1 Å². The van der Waals surface area contributed by atoms with Crippen LogP contribution in [0.4, 0.5) is 0 Å². The number of hydrogen-bond acceptors (Lipinski definition) is 6. The van der Waals surface area contributed by atoms with Crippen molar-refractivity contribution in [3.8, 4) is 29.1 Å². The van der Waals surface area contributed by atoms with Crippen LogP contribution in [0.2, 0.25) is 0 Å². The molecule has 0 aliphatic carbocycles. The minimum Gasteiger partial charge on any atom is -0.508 e. The number of hydrogen-bond donors (Lipinski definition) is 2. The van der Waals surface area contributed by atoms with Crippen LogP contribution < -0.4 is 19.9 Å². The van der Waals surface area contributed by atoms with Crippen molar-refractivity contribution in [1.82, 2.24) is 0 Å². The van der Waals surface area contributed by atoms with E-state index in [1.165, 1.54) is 6.07 Å². The number of nitriles is 1. The van der Waals surface area contributed by atoms with E-state index in [0.717, 1.165) is 31.0 Å². The highest BCUT2D eigenvalue weighted by atomic mass is 127. The molecule has 7 heteroatoms. The summed E-state index contributed by atoms with van der Waals surface area (Å²) in [5, 5.41) is 22.1. The molecular weight excluding hydrogens is 567 g/mol. The molecule has 0 saturated heterocycles. The number of phenolic OH excluding ortho intramolecular Hbond substituents is 1. The highest BCUT2D eigenvalue weighted by molar-refractivity contribution is 14.1. The van der Waals surface area contributed by atoms with Crippen LogP contribution in [0.15, 0.2) is 84.3 Å². The number of halogens is 1. The molecule has 6 nitrogen and oxygen atoms in total. The Morgan fingerprint density at radius 1 is 1.06 bits per heavy atom. The zero-order valence-corrected chi connectivity index (χ0v) is 21.7. The average Bonchev–Trinajstić information content (AvgIpc) is 2.87. The first kappa shape index (κ1) is 23.8. The predicted octanol–water partition coefficient (Wildman–Crippen LogP) is 6.35. The first-order valence-corrected chi connectivity index (χ1v) is 12.5. The second-order valence-electron chi connectivity index (χ2n) is 8.34. The molecule has 0 bridgehead atoms. The van der Waals surface area contributed by atoms with E-state index in [1.807, 2.05) is 37.3 Å². The Bertz CT molecular complexity index is 1540. The fraction of sp³-hybridized carbons (Fsp3) is 0.138. The summed E-state index contributed by atoms with van der Waals surface area (Å²) in [7, 11) is 0. The number of ether oxygens (including phenoxy) is 3. The number of allylic oxidation sites excluding steroid dienone is 1. The van der Waals surface area contributed by atoms with Crippen molar-refractivity contribution in [2.24, 2.45) is 5.73 Å². The van der Waals surface area contributed by atoms with Gasteiger partial charge in [-0.15, -0.1) is 0 Å². The number of aromatic hydroxyl groups is 1. The molecule has 180 valence electrons. The van der Waals surface area contributed by atoms with Crippen molar-refractivity contribution in [1.29, 1.82) is 5.26 Å². The zero-order valence-electron chi connectivity index (χ0n) is 19.5. The van der Waals surface area contributed by atoms with Gasteiger partial charge in [0.1, 0.15) is 29.7 Å². The number of benzene rings is 4. The van der Waals surface area contributed by atoms with E-state index >= 15 is 0 Å². The van der Waals surface area contributed by atoms with Gasteiger partial charge in [-0.05, 0) is 69.6 Å². The molecule has 1 aliphatic heterocycles. The zero-order chi connectivity index (χ0) is 25.2. The number of fused-ring (bicyclic) bond motifs is 2. The maximum Gasteiger partial charge on any atom is 0.205 e. The molecule has 1 atom stereocenters. The lowest BCUT2D eigenvalue weighted by molar-refractivity contribution is 0.268. The summed E-state index contributed by atoms with van der Waals surface area (Å²) >= 11 is 2.23. The molecule has 1 aliphatic rings. The highest BCUT2D eigenvalue weighted by Crippen LogP contribution is 2.46. The molecule has 3 N–H and O–H groups in total. The average molecular weight is 590 g/mol. The minimum absolute atomic E-state index is 0.0184. The second-order valence-corrected chi connectivity index (χ2v) is 9.50. The smallest absolute Gasteiger partial charge is 0.205 e. The summed E-state index contributed by atoms with van der Waals surface area (Å²) in [5.74, 6) is 1.25. The molecule has 0 saturated carbocycles. The van der Waals surface area contributed by atoms with Crippen molar-refractivity contribution in [2.45, 2.75) is 19.4 Å². The van der Waals surface area contributed by atoms with Gasteiger partial charge in [0.2, 0.25) is 5.88 Å². The fourth-order valence-electron chi connectivity index (χ4n) is 4.51. The van der Waals surface area contributed by atoms with Crippen LogP contribution in [-0.4, -0.2) is 11.7 Å². The number of nitrogens with zero attached hydrogens (tertiary/aromatic N) is 1. The molecule has 0 spiro atoms. The van der Waals surface area contributed by atoms with Gasteiger partial charge in [-0.25, -0.2) is 0 Å². The highest BCUT2D eigenvalue weighted by Gasteiger charge is 2.32. The van der Waals surface area contributed by atoms with Gasteiger partial charge in [-0.1, -0.05) is 48.5 Å². The van der Waals surface area contributed by atoms with E-state index in [-0.39, 0.29) is 11.6 Å². The molecular formula is C29H23IN2O4. The van der Waals surface area contributed by atoms with Gasteiger partial charge < -0.3 is 25.1 Å². The van der Waals surface area contributed by atoms with Gasteiger partial charge in [0.05, 0.1) is 16.1 Å². The summed E-state index contributed by atoms with van der Waals surface area (Å²) in [6, 6.07) is 25.3. The third-order valence-electron chi connectivity index (χ3n) is 6.12. The Labute approximate surface area is 222 Å². The quantitative estimate of drug-likeness (QED) is 0.254. The van der Waals surface area contributed by atoms with Crippen LogP contribution in [0.3, 0.4) is 0 Å². The van der Waals surface area contributed by atoms with E-state index in [2.05, 4.69) is 52.9 Å². The van der Waals surface area contributed by atoms with Crippen molar-refractivity contribution >= 4 is 33.4 Å². The molecule has 0 amide bonds. The Morgan fingerprint density at radius 3 is 2.67 bits per heavy atom. The summed E-state index contributed by atoms with van der Waals surface area (Å²) in [5.41, 5.74) is 9.03.